The van der Waals surface area contributed by atoms with E-state index in [-0.39, 0.29) is 5.41 Å². The monoisotopic (exact) mass is 181 g/mol. The summed E-state index contributed by atoms with van der Waals surface area (Å²) in [7, 11) is 0. The Morgan fingerprint density at radius 1 is 1.62 bits per heavy atom. The molecule has 4 nitrogen and oxygen atoms in total. The van der Waals surface area contributed by atoms with Gasteiger partial charge >= 0.3 is 0 Å². The Labute approximate surface area is 77.5 Å². The third kappa shape index (κ3) is 1.68. The molecule has 1 fully saturated rings. The highest BCUT2D eigenvalue weighted by Crippen LogP contribution is 2.26. The van der Waals surface area contributed by atoms with Crippen molar-refractivity contribution in [3.8, 4) is 0 Å². The SMILES string of the molecule is NCC1(CNc2cc[nH]c2)COC1. The zero-order valence-electron chi connectivity index (χ0n) is 7.55. The van der Waals surface area contributed by atoms with E-state index in [1.807, 2.05) is 18.5 Å². The molecule has 1 aromatic rings. The van der Waals surface area contributed by atoms with Gasteiger partial charge in [0.25, 0.3) is 0 Å². The molecule has 4 heteroatoms. The number of ether oxygens (including phenoxy) is 1. The second-order valence-corrected chi connectivity index (χ2v) is 3.65. The first-order valence-electron chi connectivity index (χ1n) is 4.49. The predicted octanol–water partition coefficient (Wildman–Crippen LogP) is 0.402. The molecule has 0 aromatic carbocycles. The molecule has 0 amide bonds. The van der Waals surface area contributed by atoms with E-state index in [0.717, 1.165) is 25.4 Å². The molecule has 1 aliphatic rings. The van der Waals surface area contributed by atoms with Crippen LogP contribution in [0.2, 0.25) is 0 Å². The highest BCUT2D eigenvalue weighted by molar-refractivity contribution is 5.40. The number of hydrogen-bond donors (Lipinski definition) is 3. The van der Waals surface area contributed by atoms with Crippen molar-refractivity contribution in [2.24, 2.45) is 11.1 Å². The van der Waals surface area contributed by atoms with Crippen LogP contribution >= 0.6 is 0 Å². The van der Waals surface area contributed by atoms with Gasteiger partial charge in [0.1, 0.15) is 0 Å². The maximum Gasteiger partial charge on any atom is 0.0574 e. The third-order valence-electron chi connectivity index (χ3n) is 2.51. The number of aromatic amines is 1. The number of hydrogen-bond acceptors (Lipinski definition) is 3. The van der Waals surface area contributed by atoms with Crippen LogP contribution in [-0.4, -0.2) is 31.3 Å². The Morgan fingerprint density at radius 2 is 2.46 bits per heavy atom. The van der Waals surface area contributed by atoms with Crippen LogP contribution in [0.5, 0.6) is 0 Å². The Kier molecular flexibility index (Phi) is 2.24. The molecule has 1 saturated heterocycles. The minimum Gasteiger partial charge on any atom is -0.383 e. The highest BCUT2D eigenvalue weighted by atomic mass is 16.5. The van der Waals surface area contributed by atoms with E-state index >= 15 is 0 Å². The minimum absolute atomic E-state index is 0.164. The lowest BCUT2D eigenvalue weighted by Gasteiger charge is -2.40. The Balaban J connectivity index is 1.84. The van der Waals surface area contributed by atoms with Crippen molar-refractivity contribution in [1.29, 1.82) is 0 Å². The Bertz CT molecular complexity index is 248. The van der Waals surface area contributed by atoms with Gasteiger partial charge in [0, 0.05) is 30.9 Å². The van der Waals surface area contributed by atoms with Crippen molar-refractivity contribution >= 4 is 5.69 Å². The molecule has 1 aliphatic heterocycles. The molecule has 1 aromatic heterocycles. The molecule has 0 spiro atoms. The summed E-state index contributed by atoms with van der Waals surface area (Å²) in [6, 6.07) is 2.00. The standard InChI is InChI=1S/C9H15N3O/c10-4-9(6-13-7-9)5-12-8-1-2-11-3-8/h1-3,11-12H,4-7,10H2. The van der Waals surface area contributed by atoms with Gasteiger partial charge in [-0.25, -0.2) is 0 Å². The lowest BCUT2D eigenvalue weighted by molar-refractivity contribution is -0.0979. The van der Waals surface area contributed by atoms with E-state index in [9.17, 15) is 0 Å². The first kappa shape index (κ1) is 8.59. The van der Waals surface area contributed by atoms with Gasteiger partial charge in [0.05, 0.1) is 18.9 Å². The summed E-state index contributed by atoms with van der Waals surface area (Å²) >= 11 is 0. The van der Waals surface area contributed by atoms with Crippen LogP contribution in [0, 0.1) is 5.41 Å². The minimum atomic E-state index is 0.164. The van der Waals surface area contributed by atoms with Crippen LogP contribution in [0.4, 0.5) is 5.69 Å². The molecule has 0 saturated carbocycles. The van der Waals surface area contributed by atoms with E-state index in [1.165, 1.54) is 0 Å². The number of rotatable bonds is 4. The van der Waals surface area contributed by atoms with Crippen molar-refractivity contribution in [1.82, 2.24) is 4.98 Å². The smallest absolute Gasteiger partial charge is 0.0574 e. The van der Waals surface area contributed by atoms with Crippen LogP contribution in [-0.2, 0) is 4.74 Å². The molecule has 13 heavy (non-hydrogen) atoms. The van der Waals surface area contributed by atoms with Gasteiger partial charge in [-0.2, -0.15) is 0 Å². The summed E-state index contributed by atoms with van der Waals surface area (Å²) in [6.45, 7) is 3.13. The van der Waals surface area contributed by atoms with Crippen molar-refractivity contribution in [3.05, 3.63) is 18.5 Å². The quantitative estimate of drug-likeness (QED) is 0.630. The van der Waals surface area contributed by atoms with E-state index in [4.69, 9.17) is 10.5 Å². The van der Waals surface area contributed by atoms with Crippen LogP contribution in [0.15, 0.2) is 18.5 Å². The molecule has 2 heterocycles. The van der Waals surface area contributed by atoms with Gasteiger partial charge < -0.3 is 20.8 Å². The van der Waals surface area contributed by atoms with E-state index in [2.05, 4.69) is 10.3 Å². The lowest BCUT2D eigenvalue weighted by atomic mass is 9.86. The Hall–Kier alpha value is -1.00. The average Bonchev–Trinajstić information content (AvgIpc) is 2.56. The number of nitrogens with two attached hydrogens (primary N) is 1. The summed E-state index contributed by atoms with van der Waals surface area (Å²) in [5.41, 5.74) is 6.96. The van der Waals surface area contributed by atoms with Gasteiger partial charge in [0.2, 0.25) is 0 Å². The number of nitrogens with one attached hydrogen (secondary N) is 2. The molecule has 4 N–H and O–H groups in total. The van der Waals surface area contributed by atoms with E-state index in [0.29, 0.717) is 6.54 Å². The van der Waals surface area contributed by atoms with Gasteiger partial charge in [0.15, 0.2) is 0 Å². The van der Waals surface area contributed by atoms with Gasteiger partial charge in [-0.3, -0.25) is 0 Å². The van der Waals surface area contributed by atoms with Gasteiger partial charge in [-0.15, -0.1) is 0 Å². The zero-order chi connectivity index (χ0) is 9.15. The van der Waals surface area contributed by atoms with Gasteiger partial charge in [-0.1, -0.05) is 0 Å². The summed E-state index contributed by atoms with van der Waals surface area (Å²) in [4.78, 5) is 3.00. The molecular weight excluding hydrogens is 166 g/mol. The summed E-state index contributed by atoms with van der Waals surface area (Å²) in [6.07, 6.45) is 3.83. The van der Waals surface area contributed by atoms with Crippen molar-refractivity contribution in [2.45, 2.75) is 0 Å². The summed E-state index contributed by atoms with van der Waals surface area (Å²) in [5.74, 6) is 0. The fraction of sp³-hybridized carbons (Fsp3) is 0.556. The first-order chi connectivity index (χ1) is 6.35. The summed E-state index contributed by atoms with van der Waals surface area (Å²) in [5, 5.41) is 3.33. The number of H-pyrrole nitrogens is 1. The number of aromatic nitrogens is 1. The maximum absolute atomic E-state index is 5.68. The highest BCUT2D eigenvalue weighted by Gasteiger charge is 2.36. The van der Waals surface area contributed by atoms with Gasteiger partial charge in [-0.05, 0) is 6.07 Å². The van der Waals surface area contributed by atoms with E-state index in [1.54, 1.807) is 0 Å². The zero-order valence-corrected chi connectivity index (χ0v) is 7.55. The topological polar surface area (TPSA) is 63.1 Å². The normalized spacial score (nSPS) is 19.5. The summed E-state index contributed by atoms with van der Waals surface area (Å²) < 4.78 is 5.17. The fourth-order valence-corrected chi connectivity index (χ4v) is 1.41. The molecule has 0 unspecified atom stereocenters. The van der Waals surface area contributed by atoms with Crippen molar-refractivity contribution < 1.29 is 4.74 Å². The maximum atomic E-state index is 5.68. The predicted molar refractivity (Wildman–Crippen MR) is 51.6 cm³/mol. The van der Waals surface area contributed by atoms with Crippen molar-refractivity contribution in [3.63, 3.8) is 0 Å². The van der Waals surface area contributed by atoms with Crippen molar-refractivity contribution in [2.75, 3.05) is 31.6 Å². The molecule has 0 atom stereocenters. The fourth-order valence-electron chi connectivity index (χ4n) is 1.41. The first-order valence-corrected chi connectivity index (χ1v) is 4.49. The second kappa shape index (κ2) is 3.40. The second-order valence-electron chi connectivity index (χ2n) is 3.65. The van der Waals surface area contributed by atoms with Crippen LogP contribution in [0.25, 0.3) is 0 Å². The molecule has 0 bridgehead atoms. The lowest BCUT2D eigenvalue weighted by Crippen LogP contribution is -2.52. The molecular formula is C9H15N3O. The van der Waals surface area contributed by atoms with Crippen LogP contribution < -0.4 is 11.1 Å². The molecule has 0 aliphatic carbocycles. The largest absolute Gasteiger partial charge is 0.383 e. The average molecular weight is 181 g/mol. The van der Waals surface area contributed by atoms with Crippen LogP contribution in [0.3, 0.4) is 0 Å². The number of anilines is 1. The molecule has 72 valence electrons. The molecule has 0 radical (unpaired) electrons. The van der Waals surface area contributed by atoms with Crippen LogP contribution in [0.1, 0.15) is 0 Å². The third-order valence-corrected chi connectivity index (χ3v) is 2.51. The molecule has 2 rings (SSSR count). The Morgan fingerprint density at radius 3 is 2.92 bits per heavy atom. The van der Waals surface area contributed by atoms with E-state index < -0.39 is 0 Å².